The predicted octanol–water partition coefficient (Wildman–Crippen LogP) is 0.441. The van der Waals surface area contributed by atoms with Crippen molar-refractivity contribution in [3.8, 4) is 5.75 Å². The molecule has 2 atom stereocenters. The van der Waals surface area contributed by atoms with Gasteiger partial charge in [-0.15, -0.1) is 0 Å². The van der Waals surface area contributed by atoms with Gasteiger partial charge in [0.15, 0.2) is 0 Å². The molecule has 1 aliphatic heterocycles. The smallest absolute Gasteiger partial charge is 0.332 e. The van der Waals surface area contributed by atoms with E-state index >= 15 is 0 Å². The zero-order chi connectivity index (χ0) is 16.3. The Kier molecular flexibility index (Phi) is 4.85. The third kappa shape index (κ3) is 3.47. The highest BCUT2D eigenvalue weighted by atomic mass is 31.2. The summed E-state index contributed by atoms with van der Waals surface area (Å²) in [5.74, 6) is -0.544. The highest BCUT2D eigenvalue weighted by Gasteiger charge is 2.37. The Morgan fingerprint density at radius 2 is 2.05 bits per heavy atom. The molecule has 1 heterocycles. The van der Waals surface area contributed by atoms with Gasteiger partial charge in [-0.2, -0.15) is 0 Å². The van der Waals surface area contributed by atoms with E-state index in [-0.39, 0.29) is 12.1 Å². The van der Waals surface area contributed by atoms with Gasteiger partial charge in [-0.25, -0.2) is 5.50 Å². The molecule has 0 aliphatic carbocycles. The molecule has 1 aliphatic rings. The molecule has 22 heavy (non-hydrogen) atoms. The first-order valence-corrected chi connectivity index (χ1v) is 8.51. The van der Waals surface area contributed by atoms with Crippen molar-refractivity contribution in [3.63, 3.8) is 0 Å². The molecule has 9 heteroatoms. The average molecular weight is 326 g/mol. The number of carbonyl (C=O) groups is 2. The Bertz CT molecular complexity index is 619. The molecule has 2 amide bonds. The summed E-state index contributed by atoms with van der Waals surface area (Å²) >= 11 is 0. The molecule has 1 fully saturated rings. The van der Waals surface area contributed by atoms with E-state index in [9.17, 15) is 14.2 Å². The summed E-state index contributed by atoms with van der Waals surface area (Å²) in [5.41, 5.74) is 11.6. The summed E-state index contributed by atoms with van der Waals surface area (Å²) < 4.78 is 18.5. The number of nitrogens with two attached hydrogens (primary N) is 2. The van der Waals surface area contributed by atoms with Crippen LogP contribution in [0.1, 0.15) is 23.2 Å². The van der Waals surface area contributed by atoms with Crippen molar-refractivity contribution in [1.82, 2.24) is 9.76 Å². The average Bonchev–Trinajstić information content (AvgIpc) is 2.49. The molecule has 0 aromatic heterocycles. The van der Waals surface area contributed by atoms with Crippen LogP contribution < -0.4 is 21.1 Å². The minimum absolute atomic E-state index is 0.212. The molecule has 8 nitrogen and oxygen atoms in total. The number of hydrogen-bond acceptors (Lipinski definition) is 5. The monoisotopic (exact) mass is 326 g/mol. The van der Waals surface area contributed by atoms with E-state index in [0.717, 1.165) is 4.67 Å². The van der Waals surface area contributed by atoms with Crippen LogP contribution in [0.4, 0.5) is 0 Å². The van der Waals surface area contributed by atoms with Gasteiger partial charge in [0.05, 0.1) is 13.2 Å². The van der Waals surface area contributed by atoms with E-state index in [1.807, 2.05) is 0 Å². The lowest BCUT2D eigenvalue weighted by molar-refractivity contribution is -0.129. The van der Waals surface area contributed by atoms with E-state index in [1.54, 1.807) is 12.1 Å². The van der Waals surface area contributed by atoms with E-state index in [0.29, 0.717) is 18.6 Å². The summed E-state index contributed by atoms with van der Waals surface area (Å²) in [4.78, 5) is 24.1. The molecule has 0 spiro atoms. The third-order valence-corrected chi connectivity index (χ3v) is 5.07. The lowest BCUT2D eigenvalue weighted by Crippen LogP contribution is -2.50. The Hall–Kier alpha value is -1.89. The predicted molar refractivity (Wildman–Crippen MR) is 81.2 cm³/mol. The Morgan fingerprint density at radius 3 is 2.64 bits per heavy atom. The summed E-state index contributed by atoms with van der Waals surface area (Å²) in [6, 6.07) is 5.48. The zero-order valence-corrected chi connectivity index (χ0v) is 13.1. The standard InChI is InChI=1S/C13H19N4O4P/c1-21-10-6-4-9(5-7-10)12(18)16-22(15,20)17-8-2-3-11(14)13(17)19/h4-7,11H,2-3,8,14H2,1H3,(H3,15,16,18,20)/t11-,22?/m0/s1. The lowest BCUT2D eigenvalue weighted by Gasteiger charge is -2.34. The Morgan fingerprint density at radius 1 is 1.41 bits per heavy atom. The van der Waals surface area contributed by atoms with Crippen LogP contribution in [-0.2, 0) is 9.36 Å². The minimum atomic E-state index is -3.83. The van der Waals surface area contributed by atoms with Crippen molar-refractivity contribution < 1.29 is 18.9 Å². The summed E-state index contributed by atoms with van der Waals surface area (Å²) in [6.07, 6.45) is 1.11. The van der Waals surface area contributed by atoms with Crippen LogP contribution in [-0.4, -0.2) is 36.2 Å². The number of carbonyl (C=O) groups excluding carboxylic acids is 2. The van der Waals surface area contributed by atoms with Crippen molar-refractivity contribution in [2.75, 3.05) is 13.7 Å². The molecule has 1 aromatic rings. The van der Waals surface area contributed by atoms with Crippen molar-refractivity contribution in [3.05, 3.63) is 29.8 Å². The maximum absolute atomic E-state index is 12.5. The molecule has 1 aromatic carbocycles. The van der Waals surface area contributed by atoms with Gasteiger partial charge in [0.25, 0.3) is 5.91 Å². The first-order valence-electron chi connectivity index (χ1n) is 6.78. The number of piperidine rings is 1. The van der Waals surface area contributed by atoms with Crippen molar-refractivity contribution in [1.29, 1.82) is 0 Å². The highest BCUT2D eigenvalue weighted by molar-refractivity contribution is 7.58. The summed E-state index contributed by atoms with van der Waals surface area (Å²) in [6.45, 7) is 0.212. The van der Waals surface area contributed by atoms with Crippen molar-refractivity contribution in [2.45, 2.75) is 18.9 Å². The van der Waals surface area contributed by atoms with Gasteiger partial charge >= 0.3 is 7.59 Å². The molecular weight excluding hydrogens is 307 g/mol. The molecule has 1 unspecified atom stereocenters. The number of nitrogens with one attached hydrogen (secondary N) is 1. The lowest BCUT2D eigenvalue weighted by atomic mass is 10.1. The number of methoxy groups -OCH3 is 1. The largest absolute Gasteiger partial charge is 0.497 e. The molecule has 0 saturated carbocycles. The van der Waals surface area contributed by atoms with Crippen LogP contribution in [0.3, 0.4) is 0 Å². The second kappa shape index (κ2) is 6.48. The number of amides is 2. The fourth-order valence-corrected chi connectivity index (χ4v) is 3.61. The van der Waals surface area contributed by atoms with Gasteiger partial charge < -0.3 is 10.5 Å². The van der Waals surface area contributed by atoms with Gasteiger partial charge in [0.2, 0.25) is 5.91 Å². The topological polar surface area (TPSA) is 128 Å². The second-order valence-electron chi connectivity index (χ2n) is 5.00. The van der Waals surface area contributed by atoms with Crippen LogP contribution in [0.25, 0.3) is 0 Å². The summed E-state index contributed by atoms with van der Waals surface area (Å²) in [7, 11) is -2.32. The Labute approximate surface area is 128 Å². The quantitative estimate of drug-likeness (QED) is 0.689. The first-order chi connectivity index (χ1) is 10.3. The minimum Gasteiger partial charge on any atom is -0.497 e. The van der Waals surface area contributed by atoms with Crippen LogP contribution >= 0.6 is 7.59 Å². The van der Waals surface area contributed by atoms with Gasteiger partial charge in [-0.1, -0.05) is 0 Å². The molecule has 120 valence electrons. The fourth-order valence-electron chi connectivity index (χ4n) is 2.19. The Balaban J connectivity index is 2.11. The van der Waals surface area contributed by atoms with Crippen LogP contribution in [0.5, 0.6) is 5.75 Å². The number of ether oxygens (including phenoxy) is 1. The number of rotatable bonds is 4. The number of hydrogen-bond donors (Lipinski definition) is 3. The number of benzene rings is 1. The molecule has 5 N–H and O–H groups in total. The van der Waals surface area contributed by atoms with Crippen molar-refractivity contribution in [2.24, 2.45) is 11.2 Å². The van der Waals surface area contributed by atoms with Crippen LogP contribution in [0, 0.1) is 0 Å². The first kappa shape index (κ1) is 16.5. The molecular formula is C13H19N4O4P. The normalized spacial score (nSPS) is 21.1. The third-order valence-electron chi connectivity index (χ3n) is 3.43. The SMILES string of the molecule is COc1ccc(C(=O)NP(N)(=O)N2CCC[C@H](N)C2=O)cc1. The maximum Gasteiger partial charge on any atom is 0.332 e. The van der Waals surface area contributed by atoms with Gasteiger partial charge in [-0.05, 0) is 37.1 Å². The summed E-state index contributed by atoms with van der Waals surface area (Å²) in [5, 5.41) is 2.23. The number of nitrogens with zero attached hydrogens (tertiary/aromatic N) is 1. The maximum atomic E-state index is 12.5. The highest BCUT2D eigenvalue weighted by Crippen LogP contribution is 2.39. The zero-order valence-electron chi connectivity index (χ0n) is 12.2. The molecule has 0 bridgehead atoms. The van der Waals surface area contributed by atoms with E-state index < -0.39 is 25.5 Å². The molecule has 2 rings (SSSR count). The van der Waals surface area contributed by atoms with Gasteiger partial charge in [0.1, 0.15) is 5.75 Å². The fraction of sp³-hybridized carbons (Fsp3) is 0.385. The van der Waals surface area contributed by atoms with E-state index in [4.69, 9.17) is 16.0 Å². The van der Waals surface area contributed by atoms with Crippen molar-refractivity contribution >= 4 is 19.4 Å². The van der Waals surface area contributed by atoms with Crippen LogP contribution in [0.2, 0.25) is 0 Å². The molecule has 0 radical (unpaired) electrons. The van der Waals surface area contributed by atoms with Gasteiger partial charge in [-0.3, -0.25) is 23.9 Å². The molecule has 1 saturated heterocycles. The second-order valence-corrected chi connectivity index (χ2v) is 6.95. The van der Waals surface area contributed by atoms with E-state index in [1.165, 1.54) is 19.2 Å². The van der Waals surface area contributed by atoms with Crippen LogP contribution in [0.15, 0.2) is 24.3 Å². The van der Waals surface area contributed by atoms with Gasteiger partial charge in [0, 0.05) is 12.1 Å². The van der Waals surface area contributed by atoms with E-state index in [2.05, 4.69) is 5.09 Å².